The van der Waals surface area contributed by atoms with E-state index in [9.17, 15) is 9.59 Å². The number of benzene rings is 1. The fraction of sp³-hybridized carbons (Fsp3) is 0.550. The van der Waals surface area contributed by atoms with Gasteiger partial charge in [-0.3, -0.25) is 15.0 Å². The number of nitrogens with one attached hydrogen (secondary N) is 3. The molecule has 2 aromatic rings. The standard InChI is InChI=1S/C20H27N5O2/c1-12-5-8-16-17(10-12)23-18(22-16)14-4-3-9-25(11-14)13(2)19(26)24-20(27)21-15-6-7-15/h5,8,10,13-15H,3-4,6-7,9,11H2,1-2H3,(H,22,23)(H2,21,24,26,27)/t13-,14-/m0/s1. The van der Waals surface area contributed by atoms with Crippen LogP contribution >= 0.6 is 0 Å². The smallest absolute Gasteiger partial charge is 0.321 e. The molecule has 1 aliphatic heterocycles. The maximum Gasteiger partial charge on any atom is 0.321 e. The quantitative estimate of drug-likeness (QED) is 0.772. The van der Waals surface area contributed by atoms with E-state index in [1.807, 2.05) is 13.0 Å². The zero-order chi connectivity index (χ0) is 19.0. The summed E-state index contributed by atoms with van der Waals surface area (Å²) in [6, 6.07) is 5.74. The fourth-order valence-corrected chi connectivity index (χ4v) is 3.75. The largest absolute Gasteiger partial charge is 0.342 e. The molecule has 7 nitrogen and oxygen atoms in total. The summed E-state index contributed by atoms with van der Waals surface area (Å²) in [7, 11) is 0. The number of urea groups is 1. The number of imide groups is 1. The number of amides is 3. The molecule has 4 rings (SSSR count). The number of carbonyl (C=O) groups is 2. The number of fused-ring (bicyclic) bond motifs is 1. The van der Waals surface area contributed by atoms with Crippen molar-refractivity contribution in [1.29, 1.82) is 0 Å². The maximum atomic E-state index is 12.4. The van der Waals surface area contributed by atoms with Crippen LogP contribution in [0.2, 0.25) is 0 Å². The number of rotatable bonds is 4. The van der Waals surface area contributed by atoms with Gasteiger partial charge in [-0.25, -0.2) is 9.78 Å². The van der Waals surface area contributed by atoms with Gasteiger partial charge in [0.1, 0.15) is 5.82 Å². The van der Waals surface area contributed by atoms with E-state index < -0.39 is 0 Å². The van der Waals surface area contributed by atoms with Crippen molar-refractivity contribution in [2.75, 3.05) is 13.1 Å². The Kier molecular flexibility index (Phi) is 4.86. The van der Waals surface area contributed by atoms with Gasteiger partial charge in [-0.05, 0) is 63.8 Å². The second kappa shape index (κ2) is 7.31. The Morgan fingerprint density at radius 1 is 1.30 bits per heavy atom. The summed E-state index contributed by atoms with van der Waals surface area (Å²) in [5, 5.41) is 5.27. The molecule has 1 saturated carbocycles. The van der Waals surface area contributed by atoms with Gasteiger partial charge in [0.05, 0.1) is 17.1 Å². The molecule has 1 aromatic heterocycles. The summed E-state index contributed by atoms with van der Waals surface area (Å²) < 4.78 is 0. The highest BCUT2D eigenvalue weighted by Gasteiger charge is 2.31. The Hall–Kier alpha value is -2.41. The van der Waals surface area contributed by atoms with E-state index >= 15 is 0 Å². The first-order chi connectivity index (χ1) is 13.0. The van der Waals surface area contributed by atoms with E-state index in [0.29, 0.717) is 0 Å². The highest BCUT2D eigenvalue weighted by Crippen LogP contribution is 2.28. The van der Waals surface area contributed by atoms with E-state index in [1.54, 1.807) is 0 Å². The number of piperidine rings is 1. The average molecular weight is 369 g/mol. The van der Waals surface area contributed by atoms with Crippen LogP contribution in [0.3, 0.4) is 0 Å². The van der Waals surface area contributed by atoms with Gasteiger partial charge < -0.3 is 10.3 Å². The van der Waals surface area contributed by atoms with Crippen LogP contribution < -0.4 is 10.6 Å². The molecule has 3 amide bonds. The minimum absolute atomic E-state index is 0.240. The summed E-state index contributed by atoms with van der Waals surface area (Å²) in [6.07, 6.45) is 4.06. The molecule has 3 N–H and O–H groups in total. The van der Waals surface area contributed by atoms with Crippen LogP contribution in [-0.2, 0) is 4.79 Å². The third-order valence-electron chi connectivity index (χ3n) is 5.57. The van der Waals surface area contributed by atoms with Gasteiger partial charge >= 0.3 is 6.03 Å². The second-order valence-electron chi connectivity index (χ2n) is 7.89. The van der Waals surface area contributed by atoms with Gasteiger partial charge in [0.25, 0.3) is 0 Å². The first-order valence-electron chi connectivity index (χ1n) is 9.81. The van der Waals surface area contributed by atoms with Crippen LogP contribution in [0.25, 0.3) is 11.0 Å². The monoisotopic (exact) mass is 369 g/mol. The number of likely N-dealkylation sites (tertiary alicyclic amines) is 1. The Morgan fingerprint density at radius 2 is 2.11 bits per heavy atom. The lowest BCUT2D eigenvalue weighted by molar-refractivity contribution is -0.125. The van der Waals surface area contributed by atoms with Crippen molar-refractivity contribution in [1.82, 2.24) is 25.5 Å². The molecular formula is C20H27N5O2. The summed E-state index contributed by atoms with van der Waals surface area (Å²) in [5.74, 6) is 1.01. The molecule has 2 aliphatic rings. The lowest BCUT2D eigenvalue weighted by Crippen LogP contribution is -2.52. The zero-order valence-corrected chi connectivity index (χ0v) is 15.9. The summed E-state index contributed by atoms with van der Waals surface area (Å²) in [5.41, 5.74) is 3.25. The third kappa shape index (κ3) is 4.13. The minimum Gasteiger partial charge on any atom is -0.342 e. The molecular weight excluding hydrogens is 342 g/mol. The van der Waals surface area contributed by atoms with Crippen LogP contribution in [0, 0.1) is 6.92 Å². The summed E-state index contributed by atoms with van der Waals surface area (Å²) >= 11 is 0. The van der Waals surface area contributed by atoms with Crippen LogP contribution in [0.1, 0.15) is 49.9 Å². The molecule has 0 spiro atoms. The van der Waals surface area contributed by atoms with E-state index in [2.05, 4.69) is 39.6 Å². The first kappa shape index (κ1) is 18.0. The van der Waals surface area contributed by atoms with Crippen LogP contribution in [-0.4, -0.2) is 52.0 Å². The Bertz CT molecular complexity index is 857. The molecule has 27 heavy (non-hydrogen) atoms. The topological polar surface area (TPSA) is 90.1 Å². The van der Waals surface area contributed by atoms with Crippen molar-refractivity contribution in [3.05, 3.63) is 29.6 Å². The van der Waals surface area contributed by atoms with Gasteiger partial charge in [0, 0.05) is 18.5 Å². The number of aromatic amines is 1. The average Bonchev–Trinajstić information content (AvgIpc) is 3.36. The second-order valence-corrected chi connectivity index (χ2v) is 7.89. The molecule has 1 saturated heterocycles. The van der Waals surface area contributed by atoms with Crippen molar-refractivity contribution in [2.45, 2.75) is 57.5 Å². The van der Waals surface area contributed by atoms with Crippen LogP contribution in [0.4, 0.5) is 4.79 Å². The first-order valence-corrected chi connectivity index (χ1v) is 9.81. The Balaban J connectivity index is 1.40. The van der Waals surface area contributed by atoms with Crippen molar-refractivity contribution in [2.24, 2.45) is 0 Å². The predicted molar refractivity (Wildman–Crippen MR) is 104 cm³/mol. The molecule has 2 atom stereocenters. The number of hydrogen-bond donors (Lipinski definition) is 3. The van der Waals surface area contributed by atoms with Gasteiger partial charge in [0.2, 0.25) is 5.91 Å². The Morgan fingerprint density at radius 3 is 2.89 bits per heavy atom. The molecule has 2 heterocycles. The molecule has 144 valence electrons. The molecule has 1 aliphatic carbocycles. The van der Waals surface area contributed by atoms with Gasteiger partial charge in [0.15, 0.2) is 0 Å². The summed E-state index contributed by atoms with van der Waals surface area (Å²) in [6.45, 7) is 5.55. The van der Waals surface area contributed by atoms with Crippen molar-refractivity contribution < 1.29 is 9.59 Å². The summed E-state index contributed by atoms with van der Waals surface area (Å²) in [4.78, 5) is 34.6. The number of aromatic nitrogens is 2. The number of nitrogens with zero attached hydrogens (tertiary/aromatic N) is 2. The maximum absolute atomic E-state index is 12.4. The SMILES string of the molecule is Cc1ccc2nc([C@H]3CCCN([C@@H](C)C(=O)NC(=O)NC4CC4)C3)[nH]c2c1. The predicted octanol–water partition coefficient (Wildman–Crippen LogP) is 2.43. The number of imidazole rings is 1. The van der Waals surface area contributed by atoms with Gasteiger partial charge in [-0.15, -0.1) is 0 Å². The van der Waals surface area contributed by atoms with Crippen LogP contribution in [0.5, 0.6) is 0 Å². The van der Waals surface area contributed by atoms with Gasteiger partial charge in [-0.2, -0.15) is 0 Å². The lowest BCUT2D eigenvalue weighted by Gasteiger charge is -2.35. The van der Waals surface area contributed by atoms with Crippen molar-refractivity contribution >= 4 is 23.0 Å². The van der Waals surface area contributed by atoms with E-state index in [0.717, 1.165) is 55.6 Å². The zero-order valence-electron chi connectivity index (χ0n) is 15.9. The number of H-pyrrole nitrogens is 1. The molecule has 1 aromatic carbocycles. The molecule has 7 heteroatoms. The lowest BCUT2D eigenvalue weighted by atomic mass is 9.96. The van der Waals surface area contributed by atoms with E-state index in [1.165, 1.54) is 5.56 Å². The molecule has 0 bridgehead atoms. The third-order valence-corrected chi connectivity index (χ3v) is 5.57. The van der Waals surface area contributed by atoms with Crippen molar-refractivity contribution in [3.63, 3.8) is 0 Å². The molecule has 2 fully saturated rings. The molecule has 0 radical (unpaired) electrons. The highest BCUT2D eigenvalue weighted by molar-refractivity contribution is 5.97. The van der Waals surface area contributed by atoms with E-state index in [4.69, 9.17) is 4.98 Å². The number of aryl methyl sites for hydroxylation is 1. The number of carbonyl (C=O) groups excluding carboxylic acids is 2. The van der Waals surface area contributed by atoms with Crippen molar-refractivity contribution in [3.8, 4) is 0 Å². The van der Waals surface area contributed by atoms with E-state index in [-0.39, 0.29) is 29.9 Å². The molecule has 0 unspecified atom stereocenters. The van der Waals surface area contributed by atoms with Gasteiger partial charge in [-0.1, -0.05) is 6.07 Å². The normalized spacial score (nSPS) is 21.8. The number of hydrogen-bond acceptors (Lipinski definition) is 4. The highest BCUT2D eigenvalue weighted by atomic mass is 16.2. The Labute approximate surface area is 158 Å². The van der Waals surface area contributed by atoms with Crippen LogP contribution in [0.15, 0.2) is 18.2 Å². The minimum atomic E-state index is -0.379. The fourth-order valence-electron chi connectivity index (χ4n) is 3.75.